The molecule has 1 unspecified atom stereocenters. The van der Waals surface area contributed by atoms with Crippen LogP contribution in [-0.2, 0) is 4.79 Å². The third-order valence-corrected chi connectivity index (χ3v) is 4.20. The molecule has 2 heterocycles. The van der Waals surface area contributed by atoms with Crippen molar-refractivity contribution in [3.8, 4) is 6.07 Å². The second-order valence-electron chi connectivity index (χ2n) is 5.51. The van der Waals surface area contributed by atoms with Gasteiger partial charge in [-0.1, -0.05) is 6.07 Å². The Kier molecular flexibility index (Phi) is 2.20. The van der Waals surface area contributed by atoms with Crippen molar-refractivity contribution in [1.82, 2.24) is 4.57 Å². The van der Waals surface area contributed by atoms with E-state index in [4.69, 9.17) is 0 Å². The number of carboxylic acids is 1. The molecule has 0 saturated heterocycles. The van der Waals surface area contributed by atoms with Gasteiger partial charge in [0, 0.05) is 5.39 Å². The molecular formula is C15H11N3O3. The van der Waals surface area contributed by atoms with Crippen LogP contribution in [-0.4, -0.2) is 21.6 Å². The normalized spacial score (nSPS) is 20.1. The number of hydrogen-bond acceptors (Lipinski definition) is 3. The van der Waals surface area contributed by atoms with Crippen molar-refractivity contribution in [2.75, 3.05) is 5.32 Å². The van der Waals surface area contributed by atoms with Gasteiger partial charge in [0.2, 0.25) is 5.91 Å². The average molecular weight is 281 g/mol. The number of hydrogen-bond donors (Lipinski definition) is 2. The number of aromatic carboxylic acids is 1. The predicted molar refractivity (Wildman–Crippen MR) is 74.0 cm³/mol. The van der Waals surface area contributed by atoms with Crippen LogP contribution in [0.5, 0.6) is 0 Å². The second kappa shape index (κ2) is 3.85. The Labute approximate surface area is 119 Å². The minimum atomic E-state index is -1.06. The SMILES string of the molecule is N#Cc1ccc2cc(C(=O)O)n3c2c1NC(=O)C3C1CC1. The molecule has 0 spiro atoms. The van der Waals surface area contributed by atoms with E-state index < -0.39 is 12.0 Å². The molecule has 1 aromatic heterocycles. The van der Waals surface area contributed by atoms with Crippen molar-refractivity contribution in [3.63, 3.8) is 0 Å². The van der Waals surface area contributed by atoms with E-state index in [1.165, 1.54) is 0 Å². The van der Waals surface area contributed by atoms with Gasteiger partial charge in [-0.25, -0.2) is 4.79 Å². The highest BCUT2D eigenvalue weighted by Gasteiger charge is 2.43. The molecule has 1 fully saturated rings. The van der Waals surface area contributed by atoms with Crippen LogP contribution in [0.3, 0.4) is 0 Å². The van der Waals surface area contributed by atoms with Crippen LogP contribution in [0.4, 0.5) is 5.69 Å². The first-order valence-corrected chi connectivity index (χ1v) is 6.74. The van der Waals surface area contributed by atoms with Crippen LogP contribution < -0.4 is 5.32 Å². The van der Waals surface area contributed by atoms with Crippen molar-refractivity contribution < 1.29 is 14.7 Å². The highest BCUT2D eigenvalue weighted by atomic mass is 16.4. The number of amides is 1. The largest absolute Gasteiger partial charge is 0.477 e. The number of benzene rings is 1. The van der Waals surface area contributed by atoms with Gasteiger partial charge < -0.3 is 15.0 Å². The third kappa shape index (κ3) is 1.51. The standard InChI is InChI=1S/C15H11N3O3/c16-6-9-4-3-8-5-10(15(20)21)18-12(8)11(9)17-14(19)13(18)7-1-2-7/h3-5,7,13H,1-2H2,(H,17,19)(H,20,21). The number of carboxylic acid groups (broad SMARTS) is 1. The average Bonchev–Trinajstić information content (AvgIpc) is 3.20. The molecule has 2 N–H and O–H groups in total. The maximum atomic E-state index is 12.4. The number of rotatable bonds is 2. The lowest BCUT2D eigenvalue weighted by molar-refractivity contribution is -0.120. The first-order chi connectivity index (χ1) is 10.1. The summed E-state index contributed by atoms with van der Waals surface area (Å²) in [5.74, 6) is -1.11. The molecule has 21 heavy (non-hydrogen) atoms. The number of nitrogens with one attached hydrogen (secondary N) is 1. The Morgan fingerprint density at radius 2 is 2.19 bits per heavy atom. The van der Waals surface area contributed by atoms with E-state index in [2.05, 4.69) is 5.32 Å². The fourth-order valence-corrected chi connectivity index (χ4v) is 3.15. The summed E-state index contributed by atoms with van der Waals surface area (Å²) in [6, 6.07) is 6.45. The molecular weight excluding hydrogens is 270 g/mol. The summed E-state index contributed by atoms with van der Waals surface area (Å²) >= 11 is 0. The molecule has 2 aromatic rings. The van der Waals surface area contributed by atoms with E-state index >= 15 is 0 Å². The highest BCUT2D eigenvalue weighted by Crippen LogP contribution is 2.46. The van der Waals surface area contributed by atoms with Crippen LogP contribution in [0.25, 0.3) is 10.9 Å². The van der Waals surface area contributed by atoms with E-state index in [1.807, 2.05) is 6.07 Å². The fourth-order valence-electron chi connectivity index (χ4n) is 3.15. The topological polar surface area (TPSA) is 95.1 Å². The van der Waals surface area contributed by atoms with Gasteiger partial charge in [0.25, 0.3) is 0 Å². The number of anilines is 1. The highest BCUT2D eigenvalue weighted by molar-refractivity contribution is 6.11. The maximum absolute atomic E-state index is 12.4. The van der Waals surface area contributed by atoms with Gasteiger partial charge in [-0.15, -0.1) is 0 Å². The Hall–Kier alpha value is -2.81. The first-order valence-electron chi connectivity index (χ1n) is 6.74. The van der Waals surface area contributed by atoms with Crippen molar-refractivity contribution in [3.05, 3.63) is 29.5 Å². The summed E-state index contributed by atoms with van der Waals surface area (Å²) in [6.45, 7) is 0. The maximum Gasteiger partial charge on any atom is 0.352 e. The van der Waals surface area contributed by atoms with Gasteiger partial charge in [-0.05, 0) is 30.9 Å². The molecule has 2 aliphatic rings. The number of aromatic nitrogens is 1. The molecule has 1 aromatic carbocycles. The number of nitrogens with zero attached hydrogens (tertiary/aromatic N) is 2. The lowest BCUT2D eigenvalue weighted by Gasteiger charge is -2.27. The van der Waals surface area contributed by atoms with Gasteiger partial charge in [-0.2, -0.15) is 5.26 Å². The van der Waals surface area contributed by atoms with Crippen LogP contribution in [0.1, 0.15) is 34.9 Å². The molecule has 1 amide bonds. The van der Waals surface area contributed by atoms with E-state index in [-0.39, 0.29) is 17.5 Å². The second-order valence-corrected chi connectivity index (χ2v) is 5.51. The molecule has 4 rings (SSSR count). The van der Waals surface area contributed by atoms with Crippen LogP contribution >= 0.6 is 0 Å². The first kappa shape index (κ1) is 12.0. The summed E-state index contributed by atoms with van der Waals surface area (Å²) < 4.78 is 1.60. The number of carbonyl (C=O) groups excluding carboxylic acids is 1. The van der Waals surface area contributed by atoms with Gasteiger partial charge in [-0.3, -0.25) is 4.79 Å². The van der Waals surface area contributed by atoms with Crippen molar-refractivity contribution >= 4 is 28.5 Å². The van der Waals surface area contributed by atoms with Crippen LogP contribution in [0.2, 0.25) is 0 Å². The lowest BCUT2D eigenvalue weighted by atomic mass is 10.0. The summed E-state index contributed by atoms with van der Waals surface area (Å²) in [4.78, 5) is 23.9. The molecule has 1 atom stereocenters. The Morgan fingerprint density at radius 3 is 2.81 bits per heavy atom. The smallest absolute Gasteiger partial charge is 0.352 e. The third-order valence-electron chi connectivity index (χ3n) is 4.20. The predicted octanol–water partition coefficient (Wildman–Crippen LogP) is 2.11. The zero-order valence-corrected chi connectivity index (χ0v) is 11.0. The summed E-state index contributed by atoms with van der Waals surface area (Å²) in [5, 5.41) is 22.1. The number of nitriles is 1. The molecule has 0 bridgehead atoms. The zero-order chi connectivity index (χ0) is 14.7. The molecule has 0 radical (unpaired) electrons. The summed E-state index contributed by atoms with van der Waals surface area (Å²) in [6.07, 6.45) is 1.84. The number of carbonyl (C=O) groups is 2. The van der Waals surface area contributed by atoms with E-state index in [1.54, 1.807) is 22.8 Å². The minimum absolute atomic E-state index is 0.105. The molecule has 6 nitrogen and oxygen atoms in total. The Morgan fingerprint density at radius 1 is 1.43 bits per heavy atom. The fraction of sp³-hybridized carbons (Fsp3) is 0.267. The molecule has 1 saturated carbocycles. The Bertz CT molecular complexity index is 855. The van der Waals surface area contributed by atoms with E-state index in [9.17, 15) is 20.0 Å². The van der Waals surface area contributed by atoms with Gasteiger partial charge in [0.1, 0.15) is 17.8 Å². The monoisotopic (exact) mass is 281 g/mol. The van der Waals surface area contributed by atoms with Gasteiger partial charge >= 0.3 is 5.97 Å². The molecule has 1 aliphatic carbocycles. The Balaban J connectivity index is 2.12. The molecule has 1 aliphatic heterocycles. The van der Waals surface area contributed by atoms with Crippen molar-refractivity contribution in [1.29, 1.82) is 5.26 Å². The van der Waals surface area contributed by atoms with Gasteiger partial charge in [0.15, 0.2) is 0 Å². The van der Waals surface area contributed by atoms with Crippen molar-refractivity contribution in [2.45, 2.75) is 18.9 Å². The molecule has 6 heteroatoms. The van der Waals surface area contributed by atoms with E-state index in [0.717, 1.165) is 18.2 Å². The zero-order valence-electron chi connectivity index (χ0n) is 11.0. The lowest BCUT2D eigenvalue weighted by Crippen LogP contribution is -2.33. The van der Waals surface area contributed by atoms with Crippen LogP contribution in [0, 0.1) is 17.2 Å². The van der Waals surface area contributed by atoms with E-state index in [0.29, 0.717) is 16.8 Å². The van der Waals surface area contributed by atoms with Crippen LogP contribution in [0.15, 0.2) is 18.2 Å². The quantitative estimate of drug-likeness (QED) is 0.881. The van der Waals surface area contributed by atoms with Crippen molar-refractivity contribution in [2.24, 2.45) is 5.92 Å². The van der Waals surface area contributed by atoms with Gasteiger partial charge in [0.05, 0.1) is 16.8 Å². The summed E-state index contributed by atoms with van der Waals surface area (Å²) in [5.41, 5.74) is 1.52. The molecule has 104 valence electrons. The minimum Gasteiger partial charge on any atom is -0.477 e. The summed E-state index contributed by atoms with van der Waals surface area (Å²) in [7, 11) is 0.